The summed E-state index contributed by atoms with van der Waals surface area (Å²) < 4.78 is 25.3. The Balaban J connectivity index is 1.44. The van der Waals surface area contributed by atoms with Gasteiger partial charge in [-0.25, -0.2) is 8.78 Å². The Hall–Kier alpha value is -4.14. The summed E-state index contributed by atoms with van der Waals surface area (Å²) in [7, 11) is 0. The average molecular weight is 492 g/mol. The van der Waals surface area contributed by atoms with E-state index in [-0.39, 0.29) is 23.1 Å². The molecule has 0 spiro atoms. The van der Waals surface area contributed by atoms with E-state index >= 15 is 0 Å². The van der Waals surface area contributed by atoms with Gasteiger partial charge in [0.1, 0.15) is 5.69 Å². The molecule has 2 aromatic heterocycles. The molecule has 0 atom stereocenters. The molecule has 0 saturated carbocycles. The number of amides is 2. The topological polar surface area (TPSA) is 78.4 Å². The molecule has 3 heterocycles. The van der Waals surface area contributed by atoms with Gasteiger partial charge in [0.25, 0.3) is 12.3 Å². The van der Waals surface area contributed by atoms with Crippen molar-refractivity contribution < 1.29 is 18.4 Å². The van der Waals surface area contributed by atoms with Crippen molar-refractivity contribution in [1.29, 1.82) is 0 Å². The number of aromatic nitrogens is 2. The highest BCUT2D eigenvalue weighted by atomic mass is 19.3. The highest BCUT2D eigenvalue weighted by Crippen LogP contribution is 2.32. The molecule has 0 bridgehead atoms. The van der Waals surface area contributed by atoms with E-state index in [2.05, 4.69) is 32.8 Å². The molecule has 1 aliphatic heterocycles. The van der Waals surface area contributed by atoms with Crippen molar-refractivity contribution in [2.45, 2.75) is 19.9 Å². The lowest BCUT2D eigenvalue weighted by Gasteiger charge is -2.36. The van der Waals surface area contributed by atoms with Crippen LogP contribution in [0.2, 0.25) is 0 Å². The number of nitrogens with zero attached hydrogens (tertiary/aromatic N) is 4. The summed E-state index contributed by atoms with van der Waals surface area (Å²) in [5, 5.41) is 2.82. The van der Waals surface area contributed by atoms with Gasteiger partial charge in [-0.2, -0.15) is 0 Å². The first-order valence-electron chi connectivity index (χ1n) is 11.6. The third-order valence-electron chi connectivity index (χ3n) is 6.27. The summed E-state index contributed by atoms with van der Waals surface area (Å²) >= 11 is 0. The number of alkyl halides is 2. The summed E-state index contributed by atoms with van der Waals surface area (Å²) in [6, 6.07) is 10.5. The van der Waals surface area contributed by atoms with Crippen LogP contribution >= 0.6 is 0 Å². The highest BCUT2D eigenvalue weighted by Gasteiger charge is 2.22. The number of hydrogen-bond donors (Lipinski definition) is 1. The molecular weight excluding hydrogens is 464 g/mol. The van der Waals surface area contributed by atoms with E-state index in [0.29, 0.717) is 32.7 Å². The third kappa shape index (κ3) is 5.56. The molecule has 1 saturated heterocycles. The molecule has 1 N–H and O–H groups in total. The number of hydrogen-bond acceptors (Lipinski definition) is 5. The maximum Gasteiger partial charge on any atom is 0.280 e. The molecule has 0 radical (unpaired) electrons. The number of benzene rings is 1. The van der Waals surface area contributed by atoms with Crippen molar-refractivity contribution in [2.24, 2.45) is 0 Å². The molecule has 0 aliphatic carbocycles. The van der Waals surface area contributed by atoms with E-state index in [1.54, 1.807) is 11.1 Å². The van der Waals surface area contributed by atoms with Gasteiger partial charge in [0.2, 0.25) is 5.91 Å². The van der Waals surface area contributed by atoms with E-state index in [9.17, 15) is 18.4 Å². The first-order chi connectivity index (χ1) is 17.4. The van der Waals surface area contributed by atoms with Gasteiger partial charge in [-0.3, -0.25) is 19.6 Å². The van der Waals surface area contributed by atoms with E-state index in [0.717, 1.165) is 40.2 Å². The molecule has 3 aromatic rings. The van der Waals surface area contributed by atoms with Crippen LogP contribution in [0.15, 0.2) is 67.6 Å². The Morgan fingerprint density at radius 2 is 1.89 bits per heavy atom. The van der Waals surface area contributed by atoms with Gasteiger partial charge in [-0.05, 0) is 47.9 Å². The van der Waals surface area contributed by atoms with Crippen LogP contribution in [-0.4, -0.2) is 52.9 Å². The smallest absolute Gasteiger partial charge is 0.280 e. The number of aryl methyl sites for hydroxylation is 1. The molecule has 9 heteroatoms. The molecule has 1 aliphatic rings. The van der Waals surface area contributed by atoms with E-state index in [1.165, 1.54) is 12.1 Å². The number of anilines is 1. The molecule has 4 rings (SSSR count). The Labute approximate surface area is 208 Å². The number of pyridine rings is 2. The lowest BCUT2D eigenvalue weighted by Crippen LogP contribution is -2.48. The summed E-state index contributed by atoms with van der Waals surface area (Å²) in [5.74, 6) is -0.432. The van der Waals surface area contributed by atoms with E-state index in [1.807, 2.05) is 31.3 Å². The van der Waals surface area contributed by atoms with Crippen molar-refractivity contribution in [3.8, 4) is 11.1 Å². The van der Waals surface area contributed by atoms with Crippen LogP contribution in [0.1, 0.15) is 33.6 Å². The van der Waals surface area contributed by atoms with E-state index < -0.39 is 6.43 Å². The fraction of sp³-hybridized carbons (Fsp3) is 0.259. The Morgan fingerprint density at radius 1 is 1.11 bits per heavy atom. The molecule has 36 heavy (non-hydrogen) atoms. The zero-order valence-electron chi connectivity index (χ0n) is 20.0. The Morgan fingerprint density at radius 3 is 2.53 bits per heavy atom. The number of rotatable bonds is 7. The molecular formula is C27H27F2N5O2. The number of nitrogens with one attached hydrogen (secondary N) is 1. The molecule has 1 fully saturated rings. The minimum Gasteiger partial charge on any atom is -0.366 e. The average Bonchev–Trinajstić information content (AvgIpc) is 2.92. The molecule has 7 nitrogen and oxygen atoms in total. The summed E-state index contributed by atoms with van der Waals surface area (Å²) in [6.07, 6.45) is 3.43. The minimum atomic E-state index is -2.67. The summed E-state index contributed by atoms with van der Waals surface area (Å²) in [6.45, 7) is 8.49. The van der Waals surface area contributed by atoms with Gasteiger partial charge in [-0.15, -0.1) is 0 Å². The van der Waals surface area contributed by atoms with Crippen molar-refractivity contribution in [2.75, 3.05) is 31.1 Å². The fourth-order valence-electron chi connectivity index (χ4n) is 4.19. The molecule has 186 valence electrons. The lowest BCUT2D eigenvalue weighted by molar-refractivity contribution is -0.126. The van der Waals surface area contributed by atoms with Crippen LogP contribution in [0, 0.1) is 6.92 Å². The normalized spacial score (nSPS) is 13.6. The van der Waals surface area contributed by atoms with Crippen molar-refractivity contribution in [3.05, 3.63) is 90.0 Å². The van der Waals surface area contributed by atoms with Crippen molar-refractivity contribution in [3.63, 3.8) is 0 Å². The second-order valence-electron chi connectivity index (χ2n) is 8.51. The zero-order chi connectivity index (χ0) is 25.7. The third-order valence-corrected chi connectivity index (χ3v) is 6.27. The maximum absolute atomic E-state index is 12.7. The fourth-order valence-corrected chi connectivity index (χ4v) is 4.19. The first kappa shape index (κ1) is 25.0. The zero-order valence-corrected chi connectivity index (χ0v) is 20.0. The van der Waals surface area contributed by atoms with Crippen LogP contribution in [-0.2, 0) is 11.3 Å². The number of carbonyl (C=O) groups is 2. The molecule has 1 aromatic carbocycles. The SMILES string of the molecule is C=CC(=O)N1CCN(c2cnccc2-c2ccc(CNC(=O)c3ccc(C(F)F)nc3)c(C)c2)CC1. The van der Waals surface area contributed by atoms with Gasteiger partial charge in [-0.1, -0.05) is 24.8 Å². The largest absolute Gasteiger partial charge is 0.366 e. The monoisotopic (exact) mass is 491 g/mol. The standard InChI is InChI=1S/C27H27F2N5O2/c1-3-25(35)34-12-10-33(11-13-34)24-17-30-9-8-22(24)19-4-5-20(18(2)14-19)15-32-27(36)21-6-7-23(26(28)29)31-16-21/h3-9,14,16-17,26H,1,10-13,15H2,2H3,(H,32,36). The highest BCUT2D eigenvalue weighted by molar-refractivity contribution is 5.93. The van der Waals surface area contributed by atoms with Gasteiger partial charge in [0, 0.05) is 50.7 Å². The van der Waals surface area contributed by atoms with Crippen LogP contribution in [0.25, 0.3) is 11.1 Å². The molecule has 0 unspecified atom stereocenters. The Kier molecular flexibility index (Phi) is 7.68. The van der Waals surface area contributed by atoms with Crippen molar-refractivity contribution >= 4 is 17.5 Å². The first-order valence-corrected chi connectivity index (χ1v) is 11.6. The quantitative estimate of drug-likeness (QED) is 0.503. The van der Waals surface area contributed by atoms with Crippen LogP contribution < -0.4 is 10.2 Å². The minimum absolute atomic E-state index is 0.0548. The maximum atomic E-state index is 12.7. The van der Waals surface area contributed by atoms with Gasteiger partial charge >= 0.3 is 0 Å². The Bertz CT molecular complexity index is 1260. The summed E-state index contributed by atoms with van der Waals surface area (Å²) in [4.78, 5) is 36.3. The van der Waals surface area contributed by atoms with E-state index in [4.69, 9.17) is 0 Å². The van der Waals surface area contributed by atoms with Gasteiger partial charge < -0.3 is 15.1 Å². The number of piperazine rings is 1. The number of halogens is 2. The molecule has 2 amide bonds. The predicted octanol–water partition coefficient (Wildman–Crippen LogP) is 4.15. The van der Waals surface area contributed by atoms with Gasteiger partial charge in [0.15, 0.2) is 0 Å². The second kappa shape index (κ2) is 11.1. The lowest BCUT2D eigenvalue weighted by atomic mass is 9.98. The second-order valence-corrected chi connectivity index (χ2v) is 8.51. The van der Waals surface area contributed by atoms with Crippen LogP contribution in [0.3, 0.4) is 0 Å². The summed E-state index contributed by atoms with van der Waals surface area (Å²) in [5.41, 5.74) is 4.88. The van der Waals surface area contributed by atoms with Gasteiger partial charge in [0.05, 0.1) is 17.4 Å². The predicted molar refractivity (Wildman–Crippen MR) is 134 cm³/mol. The number of carbonyl (C=O) groups excluding carboxylic acids is 2. The van der Waals surface area contributed by atoms with Crippen LogP contribution in [0.5, 0.6) is 0 Å². The van der Waals surface area contributed by atoms with Crippen molar-refractivity contribution in [1.82, 2.24) is 20.2 Å². The van der Waals surface area contributed by atoms with Crippen LogP contribution in [0.4, 0.5) is 14.5 Å².